The highest BCUT2D eigenvalue weighted by molar-refractivity contribution is 8.01. The molecule has 2 N–H and O–H groups in total. The first-order valence-electron chi connectivity index (χ1n) is 16.5. The van der Waals surface area contributed by atoms with Gasteiger partial charge in [-0.1, -0.05) is 133 Å². The molecule has 51 heavy (non-hydrogen) atoms. The van der Waals surface area contributed by atoms with E-state index in [4.69, 9.17) is 20.2 Å². The van der Waals surface area contributed by atoms with Crippen molar-refractivity contribution < 1.29 is 23.9 Å². The number of carbonyl (C=O) groups excluding carboxylic acids is 3. The summed E-state index contributed by atoms with van der Waals surface area (Å²) < 4.78 is 13.0. The molecule has 0 aliphatic carbocycles. The predicted octanol–water partition coefficient (Wildman–Crippen LogP) is 7.25. The molecule has 1 fully saturated rings. The standard InChI is InChI=1S/C40H35N3O5S3/c1-25-31(22-32(44)47-35(26-14-6-2-7-15-26)27-16-8-3-9-17-27)51-40(42-25)50-24-30-23-49-38-33(41)37(45)43(38)34(30)39(46)48-36(28-18-10-4-11-19-28)29-20-12-5-13-21-29/h2-21,33,35-36,38H,22-24,41H2,1H3/t33-,38-/m1/s1. The first-order valence-corrected chi connectivity index (χ1v) is 19.3. The lowest BCUT2D eigenvalue weighted by molar-refractivity contribution is -0.153. The van der Waals surface area contributed by atoms with Crippen LogP contribution >= 0.6 is 34.9 Å². The number of nitrogens with two attached hydrogens (primary N) is 1. The second-order valence-corrected chi connectivity index (χ2v) is 15.6. The molecule has 8 nitrogen and oxygen atoms in total. The molecule has 7 rings (SSSR count). The van der Waals surface area contributed by atoms with Crippen LogP contribution < -0.4 is 5.73 Å². The SMILES string of the molecule is Cc1nc(SCC2=C(C(=O)OC(c3ccccc3)c3ccccc3)N3C(=O)[C@@H](N)[C@H]3SC2)sc1CC(=O)OC(c1ccccc1)c1ccccc1. The summed E-state index contributed by atoms with van der Waals surface area (Å²) in [6, 6.07) is 37.8. The van der Waals surface area contributed by atoms with Gasteiger partial charge in [-0.15, -0.1) is 23.1 Å². The van der Waals surface area contributed by atoms with Crippen molar-refractivity contribution in [1.82, 2.24) is 9.88 Å². The largest absolute Gasteiger partial charge is 0.452 e. The maximum atomic E-state index is 14.1. The van der Waals surface area contributed by atoms with Gasteiger partial charge in [-0.25, -0.2) is 9.78 Å². The van der Waals surface area contributed by atoms with Gasteiger partial charge < -0.3 is 15.2 Å². The van der Waals surface area contributed by atoms with Crippen LogP contribution in [0, 0.1) is 6.92 Å². The highest BCUT2D eigenvalue weighted by Crippen LogP contribution is 2.42. The van der Waals surface area contributed by atoms with Gasteiger partial charge in [-0.05, 0) is 34.8 Å². The number of β-lactam (4-membered cyclic amide) rings is 1. The fraction of sp³-hybridized carbons (Fsp3) is 0.200. The number of thioether (sulfide) groups is 2. The zero-order valence-electron chi connectivity index (χ0n) is 27.7. The van der Waals surface area contributed by atoms with E-state index >= 15 is 0 Å². The van der Waals surface area contributed by atoms with Gasteiger partial charge in [0.1, 0.15) is 17.1 Å². The van der Waals surface area contributed by atoms with Gasteiger partial charge in [-0.3, -0.25) is 14.5 Å². The van der Waals surface area contributed by atoms with Crippen LogP contribution in [0.2, 0.25) is 0 Å². The zero-order chi connectivity index (χ0) is 35.3. The molecule has 1 amide bonds. The van der Waals surface area contributed by atoms with E-state index in [2.05, 4.69) is 0 Å². The number of amides is 1. The molecule has 1 aromatic heterocycles. The molecule has 3 heterocycles. The molecule has 2 atom stereocenters. The number of aryl methyl sites for hydroxylation is 1. The Morgan fingerprint density at radius 1 is 0.824 bits per heavy atom. The number of fused-ring (bicyclic) bond motifs is 1. The van der Waals surface area contributed by atoms with Crippen LogP contribution in [0.3, 0.4) is 0 Å². The normalized spacial score (nSPS) is 16.9. The maximum absolute atomic E-state index is 14.1. The van der Waals surface area contributed by atoms with E-state index in [1.807, 2.05) is 128 Å². The number of hydrogen-bond donors (Lipinski definition) is 1. The number of thiazole rings is 1. The van der Waals surface area contributed by atoms with Gasteiger partial charge in [0.25, 0.3) is 0 Å². The summed E-state index contributed by atoms with van der Waals surface area (Å²) in [5.41, 5.74) is 11.4. The van der Waals surface area contributed by atoms with Crippen molar-refractivity contribution in [2.45, 2.75) is 41.3 Å². The Labute approximate surface area is 309 Å². The van der Waals surface area contributed by atoms with E-state index in [-0.39, 0.29) is 29.4 Å². The van der Waals surface area contributed by atoms with E-state index in [0.717, 1.165) is 42.7 Å². The van der Waals surface area contributed by atoms with Gasteiger partial charge in [-0.2, -0.15) is 0 Å². The number of rotatable bonds is 12. The monoisotopic (exact) mass is 733 g/mol. The molecule has 0 radical (unpaired) electrons. The Morgan fingerprint density at radius 2 is 1.31 bits per heavy atom. The minimum Gasteiger partial charge on any atom is -0.452 e. The lowest BCUT2D eigenvalue weighted by Crippen LogP contribution is -2.68. The Morgan fingerprint density at radius 3 is 1.82 bits per heavy atom. The Hall–Kier alpha value is -4.68. The van der Waals surface area contributed by atoms with Crippen molar-refractivity contribution in [3.05, 3.63) is 165 Å². The Bertz CT molecular complexity index is 1960. The molecule has 0 saturated carbocycles. The molecule has 5 aromatic rings. The third-order valence-corrected chi connectivity index (χ3v) is 12.5. The average Bonchev–Trinajstić information content (AvgIpc) is 3.53. The number of benzene rings is 4. The van der Waals surface area contributed by atoms with Gasteiger partial charge in [0, 0.05) is 16.4 Å². The van der Waals surface area contributed by atoms with Crippen LogP contribution in [0.1, 0.15) is 45.0 Å². The van der Waals surface area contributed by atoms with Crippen LogP contribution in [0.15, 0.2) is 137 Å². The van der Waals surface area contributed by atoms with Gasteiger partial charge in [0.05, 0.1) is 12.1 Å². The van der Waals surface area contributed by atoms with E-state index in [1.165, 1.54) is 28.0 Å². The number of carbonyl (C=O) groups is 3. The van der Waals surface area contributed by atoms with E-state index in [1.54, 1.807) is 11.8 Å². The van der Waals surface area contributed by atoms with Crippen LogP contribution in [0.25, 0.3) is 0 Å². The number of nitrogens with zero attached hydrogens (tertiary/aromatic N) is 2. The van der Waals surface area contributed by atoms with Crippen LogP contribution in [0.5, 0.6) is 0 Å². The van der Waals surface area contributed by atoms with Gasteiger partial charge in [0.2, 0.25) is 5.91 Å². The molecule has 258 valence electrons. The smallest absolute Gasteiger partial charge is 0.356 e. The minimum atomic E-state index is -0.668. The number of hydrogen-bond acceptors (Lipinski definition) is 10. The average molecular weight is 734 g/mol. The van der Waals surface area contributed by atoms with Crippen molar-refractivity contribution in [3.8, 4) is 0 Å². The van der Waals surface area contributed by atoms with Crippen molar-refractivity contribution >= 4 is 52.7 Å². The summed E-state index contributed by atoms with van der Waals surface area (Å²) in [5.74, 6) is -0.291. The number of ether oxygens (including phenoxy) is 2. The predicted molar refractivity (Wildman–Crippen MR) is 201 cm³/mol. The molecule has 2 aliphatic rings. The highest BCUT2D eigenvalue weighted by atomic mass is 32.2. The minimum absolute atomic E-state index is 0.0819. The molecule has 0 bridgehead atoms. The van der Waals surface area contributed by atoms with Crippen molar-refractivity contribution in [2.24, 2.45) is 5.73 Å². The Kier molecular flexibility index (Phi) is 10.7. The lowest BCUT2D eigenvalue weighted by atomic mass is 10.0. The summed E-state index contributed by atoms with van der Waals surface area (Å²) in [4.78, 5) is 47.5. The fourth-order valence-corrected chi connectivity index (χ4v) is 9.74. The molecule has 11 heteroatoms. The molecule has 2 aliphatic heterocycles. The van der Waals surface area contributed by atoms with Crippen molar-refractivity contribution in [2.75, 3.05) is 11.5 Å². The van der Waals surface area contributed by atoms with Crippen molar-refractivity contribution in [3.63, 3.8) is 0 Å². The zero-order valence-corrected chi connectivity index (χ0v) is 30.2. The topological polar surface area (TPSA) is 112 Å². The maximum Gasteiger partial charge on any atom is 0.356 e. The van der Waals surface area contributed by atoms with E-state index in [0.29, 0.717) is 11.5 Å². The van der Waals surface area contributed by atoms with Crippen LogP contribution in [-0.2, 0) is 30.3 Å². The molecule has 4 aromatic carbocycles. The summed E-state index contributed by atoms with van der Waals surface area (Å²) in [7, 11) is 0. The van der Waals surface area contributed by atoms with E-state index in [9.17, 15) is 14.4 Å². The van der Waals surface area contributed by atoms with Gasteiger partial charge in [0.15, 0.2) is 16.5 Å². The highest BCUT2D eigenvalue weighted by Gasteiger charge is 2.52. The first-order chi connectivity index (χ1) is 24.9. The van der Waals surface area contributed by atoms with Crippen LogP contribution in [0.4, 0.5) is 0 Å². The second-order valence-electron chi connectivity index (χ2n) is 12.1. The molecular formula is C40H35N3O5S3. The van der Waals surface area contributed by atoms with Crippen LogP contribution in [-0.4, -0.2) is 50.7 Å². The quantitative estimate of drug-likeness (QED) is 0.0806. The third-order valence-electron chi connectivity index (χ3n) is 8.71. The molecule has 0 unspecified atom stereocenters. The molecular weight excluding hydrogens is 699 g/mol. The van der Waals surface area contributed by atoms with E-state index < -0.39 is 24.2 Å². The lowest BCUT2D eigenvalue weighted by Gasteiger charge is -2.48. The summed E-state index contributed by atoms with van der Waals surface area (Å²) in [5, 5.41) is -0.323. The number of esters is 2. The first kappa shape index (κ1) is 34.8. The second kappa shape index (κ2) is 15.7. The van der Waals surface area contributed by atoms with Crippen molar-refractivity contribution in [1.29, 1.82) is 0 Å². The van der Waals surface area contributed by atoms with Gasteiger partial charge >= 0.3 is 11.9 Å². The molecule has 1 saturated heterocycles. The third kappa shape index (κ3) is 7.67. The Balaban J connectivity index is 1.09. The summed E-state index contributed by atoms with van der Waals surface area (Å²) in [6.45, 7) is 1.88. The summed E-state index contributed by atoms with van der Waals surface area (Å²) >= 11 is 4.44. The fourth-order valence-electron chi connectivity index (χ4n) is 6.09. The summed E-state index contributed by atoms with van der Waals surface area (Å²) in [6.07, 6.45) is -1.11. The molecule has 0 spiro atoms. The number of aromatic nitrogens is 1.